The number of likely N-dealkylation sites (tertiary alicyclic amines) is 1. The number of halogens is 1. The fraction of sp³-hybridized carbons (Fsp3) is 0.214. The molecule has 6 rings (SSSR count). The summed E-state index contributed by atoms with van der Waals surface area (Å²) in [6, 6.07) is 19.1. The normalized spacial score (nSPS) is 15.0. The zero-order chi connectivity index (χ0) is 23.8. The molecule has 0 radical (unpaired) electrons. The topological polar surface area (TPSA) is 50.3 Å². The van der Waals surface area contributed by atoms with Gasteiger partial charge in [-0.05, 0) is 74.0 Å². The molecule has 0 amide bonds. The summed E-state index contributed by atoms with van der Waals surface area (Å²) in [5, 5.41) is 4.41. The number of piperidine rings is 1. The molecule has 0 aliphatic carbocycles. The largest absolute Gasteiger partial charge is 0.490 e. The quantitative estimate of drug-likeness (QED) is 0.295. The highest BCUT2D eigenvalue weighted by Gasteiger charge is 2.19. The van der Waals surface area contributed by atoms with Crippen LogP contribution in [0.2, 0.25) is 0 Å². The van der Waals surface area contributed by atoms with E-state index in [-0.39, 0.29) is 11.9 Å². The molecular weight excluding hydrogens is 459 g/mol. The predicted octanol–water partition coefficient (Wildman–Crippen LogP) is 6.87. The molecule has 1 N–H and O–H groups in total. The van der Waals surface area contributed by atoms with Gasteiger partial charge in [0, 0.05) is 47.7 Å². The molecule has 0 bridgehead atoms. The number of benzene rings is 3. The van der Waals surface area contributed by atoms with E-state index in [4.69, 9.17) is 4.74 Å². The zero-order valence-corrected chi connectivity index (χ0v) is 20.2. The Hall–Kier alpha value is -3.55. The summed E-state index contributed by atoms with van der Waals surface area (Å²) in [5.74, 6) is 0.296. The van der Waals surface area contributed by atoms with Crippen LogP contribution < -0.4 is 10.1 Å². The predicted molar refractivity (Wildman–Crippen MR) is 141 cm³/mol. The van der Waals surface area contributed by atoms with E-state index in [0.717, 1.165) is 64.0 Å². The molecule has 1 fully saturated rings. The second kappa shape index (κ2) is 9.24. The van der Waals surface area contributed by atoms with Crippen LogP contribution in [0.1, 0.15) is 12.8 Å². The number of hydrogen-bond acceptors (Lipinski definition) is 6. The molecule has 176 valence electrons. The first-order valence-electron chi connectivity index (χ1n) is 11.8. The van der Waals surface area contributed by atoms with E-state index in [1.54, 1.807) is 23.6 Å². The molecule has 0 spiro atoms. The summed E-state index contributed by atoms with van der Waals surface area (Å²) in [6.07, 6.45) is 3.84. The first-order chi connectivity index (χ1) is 17.1. The number of thiazole rings is 1. The molecule has 35 heavy (non-hydrogen) atoms. The molecule has 3 heterocycles. The number of fused-ring (bicyclic) bond motifs is 2. The Labute approximate surface area is 207 Å². The Morgan fingerprint density at radius 3 is 2.71 bits per heavy atom. The van der Waals surface area contributed by atoms with Crippen LogP contribution in [0.25, 0.3) is 32.2 Å². The number of aromatic nitrogens is 2. The van der Waals surface area contributed by atoms with Crippen molar-refractivity contribution in [3.05, 3.63) is 78.2 Å². The second-order valence-electron chi connectivity index (χ2n) is 9.01. The van der Waals surface area contributed by atoms with Crippen LogP contribution >= 0.6 is 11.3 Å². The van der Waals surface area contributed by atoms with Gasteiger partial charge in [-0.15, -0.1) is 11.3 Å². The van der Waals surface area contributed by atoms with Gasteiger partial charge in [0.15, 0.2) is 0 Å². The van der Waals surface area contributed by atoms with Crippen LogP contribution in [0.4, 0.5) is 15.8 Å². The highest BCUT2D eigenvalue weighted by atomic mass is 32.1. The van der Waals surface area contributed by atoms with Crippen LogP contribution in [0, 0.1) is 5.82 Å². The van der Waals surface area contributed by atoms with Gasteiger partial charge >= 0.3 is 0 Å². The summed E-state index contributed by atoms with van der Waals surface area (Å²) >= 11 is 1.62. The molecule has 0 saturated carbocycles. The van der Waals surface area contributed by atoms with Crippen LogP contribution in [0.5, 0.6) is 5.75 Å². The summed E-state index contributed by atoms with van der Waals surface area (Å²) in [7, 11) is 2.12. The maximum absolute atomic E-state index is 15.2. The Bertz CT molecular complexity index is 1510. The number of anilines is 2. The van der Waals surface area contributed by atoms with Gasteiger partial charge in [0.1, 0.15) is 17.7 Å². The van der Waals surface area contributed by atoms with Crippen molar-refractivity contribution in [3.8, 4) is 16.9 Å². The first-order valence-corrected chi connectivity index (χ1v) is 12.6. The van der Waals surface area contributed by atoms with Gasteiger partial charge < -0.3 is 15.0 Å². The van der Waals surface area contributed by atoms with Gasteiger partial charge in [-0.1, -0.05) is 6.07 Å². The van der Waals surface area contributed by atoms with E-state index in [1.165, 1.54) is 6.07 Å². The van der Waals surface area contributed by atoms with E-state index < -0.39 is 0 Å². The molecule has 2 aromatic heterocycles. The van der Waals surface area contributed by atoms with E-state index in [2.05, 4.69) is 33.3 Å². The highest BCUT2D eigenvalue weighted by Crippen LogP contribution is 2.33. The smallest absolute Gasteiger partial charge is 0.134 e. The summed E-state index contributed by atoms with van der Waals surface area (Å²) in [4.78, 5) is 11.2. The maximum atomic E-state index is 15.2. The number of rotatable bonds is 5. The standard InChI is InChI=1S/C28H25FN4OS/c1-33-12-9-20(10-13-33)34-21-4-5-22(24(29)16-21)18-2-6-25-23(14-18)26(8-11-30-25)32-19-3-7-28-27(15-19)31-17-35-28/h2-8,11,14-17,20H,9-10,12-13H2,1H3,(H,30,32). The SMILES string of the molecule is CN1CCC(Oc2ccc(-c3ccc4nccc(Nc5ccc6scnc6c5)c4c3)c(F)c2)CC1. The van der Waals surface area contributed by atoms with Crippen LogP contribution in [0.3, 0.4) is 0 Å². The van der Waals surface area contributed by atoms with Crippen molar-refractivity contribution in [2.45, 2.75) is 18.9 Å². The molecule has 1 aliphatic heterocycles. The lowest BCUT2D eigenvalue weighted by atomic mass is 10.0. The average Bonchev–Trinajstić information content (AvgIpc) is 3.34. The lowest BCUT2D eigenvalue weighted by molar-refractivity contribution is 0.114. The van der Waals surface area contributed by atoms with Crippen molar-refractivity contribution in [3.63, 3.8) is 0 Å². The Balaban J connectivity index is 1.28. The van der Waals surface area contributed by atoms with E-state index in [0.29, 0.717) is 11.3 Å². The average molecular weight is 485 g/mol. The maximum Gasteiger partial charge on any atom is 0.134 e. The van der Waals surface area contributed by atoms with Crippen molar-refractivity contribution in [2.75, 3.05) is 25.5 Å². The number of pyridine rings is 1. The second-order valence-corrected chi connectivity index (χ2v) is 9.90. The van der Waals surface area contributed by atoms with Crippen LogP contribution in [-0.2, 0) is 0 Å². The molecule has 0 unspecified atom stereocenters. The van der Waals surface area contributed by atoms with Crippen molar-refractivity contribution in [1.82, 2.24) is 14.9 Å². The van der Waals surface area contributed by atoms with Crippen molar-refractivity contribution in [2.24, 2.45) is 0 Å². The molecule has 1 aliphatic rings. The van der Waals surface area contributed by atoms with Gasteiger partial charge in [-0.2, -0.15) is 0 Å². The third kappa shape index (κ3) is 4.57. The van der Waals surface area contributed by atoms with Gasteiger partial charge in [-0.25, -0.2) is 9.37 Å². The van der Waals surface area contributed by atoms with Gasteiger partial charge in [0.25, 0.3) is 0 Å². The fourth-order valence-electron chi connectivity index (χ4n) is 4.61. The molecule has 5 aromatic rings. The Morgan fingerprint density at radius 2 is 1.86 bits per heavy atom. The van der Waals surface area contributed by atoms with Gasteiger partial charge in [0.05, 0.1) is 21.2 Å². The van der Waals surface area contributed by atoms with E-state index in [1.807, 2.05) is 48.0 Å². The van der Waals surface area contributed by atoms with E-state index in [9.17, 15) is 0 Å². The highest BCUT2D eigenvalue weighted by molar-refractivity contribution is 7.16. The third-order valence-electron chi connectivity index (χ3n) is 6.57. The molecule has 7 heteroatoms. The Kier molecular flexibility index (Phi) is 5.80. The zero-order valence-electron chi connectivity index (χ0n) is 19.4. The summed E-state index contributed by atoms with van der Waals surface area (Å²) < 4.78 is 22.4. The summed E-state index contributed by atoms with van der Waals surface area (Å²) in [5.41, 5.74) is 6.85. The lowest BCUT2D eigenvalue weighted by Crippen LogP contribution is -2.35. The van der Waals surface area contributed by atoms with Crippen molar-refractivity contribution >= 4 is 43.8 Å². The number of hydrogen-bond donors (Lipinski definition) is 1. The molecule has 0 atom stereocenters. The number of nitrogens with zero attached hydrogens (tertiary/aromatic N) is 3. The molecule has 1 saturated heterocycles. The lowest BCUT2D eigenvalue weighted by Gasteiger charge is -2.29. The number of nitrogens with one attached hydrogen (secondary N) is 1. The molecular formula is C28H25FN4OS. The molecule has 5 nitrogen and oxygen atoms in total. The fourth-order valence-corrected chi connectivity index (χ4v) is 5.27. The van der Waals surface area contributed by atoms with Crippen LogP contribution in [-0.4, -0.2) is 41.1 Å². The minimum Gasteiger partial charge on any atom is -0.490 e. The van der Waals surface area contributed by atoms with Gasteiger partial charge in [0.2, 0.25) is 0 Å². The summed E-state index contributed by atoms with van der Waals surface area (Å²) in [6.45, 7) is 2.01. The minimum atomic E-state index is -0.290. The monoisotopic (exact) mass is 484 g/mol. The number of ether oxygens (including phenoxy) is 1. The van der Waals surface area contributed by atoms with Gasteiger partial charge in [-0.3, -0.25) is 4.98 Å². The Morgan fingerprint density at radius 1 is 0.971 bits per heavy atom. The first kappa shape index (κ1) is 21.9. The van der Waals surface area contributed by atoms with Crippen LogP contribution in [0.15, 0.2) is 72.4 Å². The van der Waals surface area contributed by atoms with Crippen molar-refractivity contribution < 1.29 is 9.13 Å². The third-order valence-corrected chi connectivity index (χ3v) is 7.38. The van der Waals surface area contributed by atoms with E-state index >= 15 is 4.39 Å². The van der Waals surface area contributed by atoms with Crippen molar-refractivity contribution in [1.29, 1.82) is 0 Å². The minimum absolute atomic E-state index is 0.139. The molecule has 3 aromatic carbocycles.